The van der Waals surface area contributed by atoms with Crippen molar-refractivity contribution in [3.05, 3.63) is 24.2 Å². The summed E-state index contributed by atoms with van der Waals surface area (Å²) in [4.78, 5) is 25.8. The topological polar surface area (TPSA) is 62.6 Å². The predicted molar refractivity (Wildman–Crippen MR) is 73.9 cm³/mol. The average molecular weight is 282 g/mol. The van der Waals surface area contributed by atoms with Gasteiger partial charge in [-0.1, -0.05) is 13.3 Å². The molecule has 1 N–H and O–H groups in total. The summed E-state index contributed by atoms with van der Waals surface area (Å²) >= 11 is 1.59. The molecule has 104 valence electrons. The lowest BCUT2D eigenvalue weighted by Crippen LogP contribution is -2.47. The van der Waals surface area contributed by atoms with Gasteiger partial charge in [0.1, 0.15) is 6.04 Å². The lowest BCUT2D eigenvalue weighted by atomic mass is 10.2. The van der Waals surface area contributed by atoms with Crippen LogP contribution in [0.3, 0.4) is 0 Å². The molecule has 1 unspecified atom stereocenters. The molecule has 19 heavy (non-hydrogen) atoms. The van der Waals surface area contributed by atoms with E-state index in [2.05, 4.69) is 12.2 Å². The second-order valence-electron chi connectivity index (χ2n) is 4.41. The highest BCUT2D eigenvalue weighted by Crippen LogP contribution is 2.23. The molecule has 0 saturated carbocycles. The second kappa shape index (κ2) is 6.65. The van der Waals surface area contributed by atoms with Gasteiger partial charge in [0.05, 0.1) is 12.1 Å². The van der Waals surface area contributed by atoms with Crippen LogP contribution in [0.15, 0.2) is 22.8 Å². The van der Waals surface area contributed by atoms with Gasteiger partial charge in [0.15, 0.2) is 5.76 Å². The SMILES string of the molecule is CCCCNC(=O)C1CSCN1C(=O)c1ccco1. The Bertz CT molecular complexity index is 433. The van der Waals surface area contributed by atoms with Gasteiger partial charge >= 0.3 is 0 Å². The molecule has 1 aliphatic heterocycles. The van der Waals surface area contributed by atoms with E-state index in [9.17, 15) is 9.59 Å². The van der Waals surface area contributed by atoms with E-state index in [4.69, 9.17) is 4.42 Å². The Kier molecular flexibility index (Phi) is 4.90. The van der Waals surface area contributed by atoms with E-state index in [1.807, 2.05) is 0 Å². The minimum atomic E-state index is -0.389. The third-order valence-electron chi connectivity index (χ3n) is 3.01. The maximum Gasteiger partial charge on any atom is 0.290 e. The van der Waals surface area contributed by atoms with Crippen molar-refractivity contribution in [2.24, 2.45) is 0 Å². The molecule has 1 fully saturated rings. The van der Waals surface area contributed by atoms with E-state index in [-0.39, 0.29) is 23.6 Å². The van der Waals surface area contributed by atoms with Crippen molar-refractivity contribution < 1.29 is 14.0 Å². The smallest absolute Gasteiger partial charge is 0.290 e. The Hall–Kier alpha value is -1.43. The fourth-order valence-electron chi connectivity index (χ4n) is 1.91. The largest absolute Gasteiger partial charge is 0.459 e. The monoisotopic (exact) mass is 282 g/mol. The summed E-state index contributed by atoms with van der Waals surface area (Å²) in [5.41, 5.74) is 0. The molecule has 0 radical (unpaired) electrons. The van der Waals surface area contributed by atoms with Crippen LogP contribution in [-0.2, 0) is 4.79 Å². The lowest BCUT2D eigenvalue weighted by molar-refractivity contribution is -0.124. The summed E-state index contributed by atoms with van der Waals surface area (Å²) in [7, 11) is 0. The van der Waals surface area contributed by atoms with Crippen molar-refractivity contribution in [3.8, 4) is 0 Å². The Balaban J connectivity index is 1.96. The first-order valence-electron chi connectivity index (χ1n) is 6.44. The van der Waals surface area contributed by atoms with E-state index in [1.165, 1.54) is 6.26 Å². The summed E-state index contributed by atoms with van der Waals surface area (Å²) < 4.78 is 5.10. The molecular weight excluding hydrogens is 264 g/mol. The minimum Gasteiger partial charge on any atom is -0.459 e. The summed E-state index contributed by atoms with van der Waals surface area (Å²) in [5.74, 6) is 1.17. The highest BCUT2D eigenvalue weighted by molar-refractivity contribution is 7.99. The Morgan fingerprint density at radius 3 is 3.11 bits per heavy atom. The number of nitrogens with zero attached hydrogens (tertiary/aromatic N) is 1. The summed E-state index contributed by atoms with van der Waals surface area (Å²) in [6, 6.07) is 2.91. The number of nitrogens with one attached hydrogen (secondary N) is 1. The summed E-state index contributed by atoms with van der Waals surface area (Å²) in [6.45, 7) is 2.74. The molecule has 1 aromatic rings. The number of thioether (sulfide) groups is 1. The molecule has 1 aliphatic rings. The molecule has 2 heterocycles. The normalized spacial score (nSPS) is 18.6. The van der Waals surface area contributed by atoms with Crippen LogP contribution < -0.4 is 5.32 Å². The van der Waals surface area contributed by atoms with Gasteiger partial charge in [-0.05, 0) is 18.6 Å². The van der Waals surface area contributed by atoms with E-state index >= 15 is 0 Å². The van der Waals surface area contributed by atoms with E-state index in [1.54, 1.807) is 28.8 Å². The van der Waals surface area contributed by atoms with Gasteiger partial charge in [-0.2, -0.15) is 0 Å². The quantitative estimate of drug-likeness (QED) is 0.835. The van der Waals surface area contributed by atoms with Crippen molar-refractivity contribution in [1.29, 1.82) is 0 Å². The van der Waals surface area contributed by atoms with Gasteiger partial charge in [-0.15, -0.1) is 11.8 Å². The first-order valence-corrected chi connectivity index (χ1v) is 7.59. The Labute approximate surface area is 116 Å². The van der Waals surface area contributed by atoms with Gasteiger partial charge in [-0.3, -0.25) is 9.59 Å². The van der Waals surface area contributed by atoms with Crippen molar-refractivity contribution >= 4 is 23.6 Å². The van der Waals surface area contributed by atoms with E-state index < -0.39 is 0 Å². The number of hydrogen-bond donors (Lipinski definition) is 1. The fourth-order valence-corrected chi connectivity index (χ4v) is 3.06. The minimum absolute atomic E-state index is 0.0710. The molecular formula is C13H18N2O3S. The van der Waals surface area contributed by atoms with Crippen molar-refractivity contribution in [2.75, 3.05) is 18.2 Å². The van der Waals surface area contributed by atoms with Crippen LogP contribution in [0.4, 0.5) is 0 Å². The second-order valence-corrected chi connectivity index (χ2v) is 5.41. The molecule has 2 amide bonds. The van der Waals surface area contributed by atoms with Gasteiger partial charge < -0.3 is 14.6 Å². The van der Waals surface area contributed by atoms with Crippen molar-refractivity contribution in [1.82, 2.24) is 10.2 Å². The van der Waals surface area contributed by atoms with Gasteiger partial charge in [0.2, 0.25) is 5.91 Å². The number of carbonyl (C=O) groups is 2. The third-order valence-corrected chi connectivity index (χ3v) is 4.02. The number of furan rings is 1. The van der Waals surface area contributed by atoms with Crippen LogP contribution in [0.25, 0.3) is 0 Å². The molecule has 6 heteroatoms. The first-order chi connectivity index (χ1) is 9.24. The van der Waals surface area contributed by atoms with Crippen LogP contribution in [0.5, 0.6) is 0 Å². The highest BCUT2D eigenvalue weighted by Gasteiger charge is 2.35. The lowest BCUT2D eigenvalue weighted by Gasteiger charge is -2.22. The maximum atomic E-state index is 12.2. The molecule has 0 spiro atoms. The predicted octanol–water partition coefficient (Wildman–Crippen LogP) is 1.71. The van der Waals surface area contributed by atoms with Crippen LogP contribution in [0.1, 0.15) is 30.3 Å². The number of hydrogen-bond acceptors (Lipinski definition) is 4. The molecule has 1 saturated heterocycles. The van der Waals surface area contributed by atoms with Crippen molar-refractivity contribution in [2.45, 2.75) is 25.8 Å². The van der Waals surface area contributed by atoms with Crippen molar-refractivity contribution in [3.63, 3.8) is 0 Å². The highest BCUT2D eigenvalue weighted by atomic mass is 32.2. The zero-order valence-corrected chi connectivity index (χ0v) is 11.7. The van der Waals surface area contributed by atoms with Gasteiger partial charge in [0, 0.05) is 12.3 Å². The molecule has 1 aromatic heterocycles. The molecule has 1 atom stereocenters. The zero-order valence-electron chi connectivity index (χ0n) is 10.9. The van der Waals surface area contributed by atoms with Crippen LogP contribution in [-0.4, -0.2) is 40.9 Å². The van der Waals surface area contributed by atoms with Crippen LogP contribution >= 0.6 is 11.8 Å². The summed E-state index contributed by atoms with van der Waals surface area (Å²) in [6.07, 6.45) is 3.46. The van der Waals surface area contributed by atoms with Crippen LogP contribution in [0, 0.1) is 0 Å². The molecule has 0 bridgehead atoms. The first kappa shape index (κ1) is 14.0. The van der Waals surface area contributed by atoms with Gasteiger partial charge in [-0.25, -0.2) is 0 Å². The number of unbranched alkanes of at least 4 members (excludes halogenated alkanes) is 1. The fraction of sp³-hybridized carbons (Fsp3) is 0.538. The van der Waals surface area contributed by atoms with Gasteiger partial charge in [0.25, 0.3) is 5.91 Å². The maximum absolute atomic E-state index is 12.2. The standard InChI is InChI=1S/C13H18N2O3S/c1-2-3-6-14-12(16)10-8-19-9-15(10)13(17)11-5-4-7-18-11/h4-5,7,10H,2-3,6,8-9H2,1H3,(H,14,16). The number of carbonyl (C=O) groups excluding carboxylic acids is 2. The zero-order chi connectivity index (χ0) is 13.7. The molecule has 0 aliphatic carbocycles. The Morgan fingerprint density at radius 2 is 2.42 bits per heavy atom. The Morgan fingerprint density at radius 1 is 1.58 bits per heavy atom. The molecule has 0 aromatic carbocycles. The third kappa shape index (κ3) is 3.32. The van der Waals surface area contributed by atoms with E-state index in [0.29, 0.717) is 18.2 Å². The number of rotatable bonds is 5. The average Bonchev–Trinajstić information content (AvgIpc) is 3.09. The number of amides is 2. The van der Waals surface area contributed by atoms with Crippen LogP contribution in [0.2, 0.25) is 0 Å². The summed E-state index contributed by atoms with van der Waals surface area (Å²) in [5, 5.41) is 2.88. The molecule has 5 nitrogen and oxygen atoms in total. The van der Waals surface area contributed by atoms with E-state index in [0.717, 1.165) is 12.8 Å². The molecule has 2 rings (SSSR count).